The monoisotopic (exact) mass is 443 g/mol. The number of hydrogen-bond acceptors (Lipinski definition) is 5. The molecule has 0 radical (unpaired) electrons. The molecular formula is C28H33N3O2. The summed E-state index contributed by atoms with van der Waals surface area (Å²) in [5.74, 6) is 1.77. The number of nitriles is 1. The third-order valence-electron chi connectivity index (χ3n) is 5.80. The number of anilines is 1. The van der Waals surface area contributed by atoms with Gasteiger partial charge in [0.25, 0.3) is 0 Å². The van der Waals surface area contributed by atoms with Gasteiger partial charge >= 0.3 is 0 Å². The Morgan fingerprint density at radius 3 is 2.33 bits per heavy atom. The van der Waals surface area contributed by atoms with Gasteiger partial charge in [0.15, 0.2) is 0 Å². The molecule has 0 fully saturated rings. The third kappa shape index (κ3) is 5.84. The number of nitrogens with zero attached hydrogens (tertiary/aromatic N) is 2. The quantitative estimate of drug-likeness (QED) is 0.325. The highest BCUT2D eigenvalue weighted by Gasteiger charge is 2.21. The van der Waals surface area contributed by atoms with E-state index in [0.717, 1.165) is 45.9 Å². The number of nitrogens with two attached hydrogens (primary N) is 1. The first-order valence-corrected chi connectivity index (χ1v) is 11.7. The van der Waals surface area contributed by atoms with Crippen molar-refractivity contribution in [2.24, 2.45) is 0 Å². The van der Waals surface area contributed by atoms with E-state index in [1.54, 1.807) is 7.11 Å². The largest absolute Gasteiger partial charge is 0.496 e. The molecule has 0 amide bonds. The standard InChI is InChI=1S/C28H33N3O2/c1-4-5-6-7-8-11-18-33-22-16-14-21(15-17-22)27-24(19-29)28(30)31-20(2)26(27)23-12-9-10-13-25(23)32-3/h9-10,12-17H,4-8,11,18H2,1-3H3,(H2,30,31). The van der Waals surface area contributed by atoms with Gasteiger partial charge in [-0.15, -0.1) is 0 Å². The summed E-state index contributed by atoms with van der Waals surface area (Å²) in [4.78, 5) is 4.45. The van der Waals surface area contributed by atoms with Gasteiger partial charge in [0.1, 0.15) is 28.9 Å². The Hall–Kier alpha value is -3.52. The van der Waals surface area contributed by atoms with Gasteiger partial charge in [-0.25, -0.2) is 4.98 Å². The van der Waals surface area contributed by atoms with Gasteiger partial charge in [-0.3, -0.25) is 0 Å². The Morgan fingerprint density at radius 1 is 0.939 bits per heavy atom. The lowest BCUT2D eigenvalue weighted by molar-refractivity contribution is 0.304. The molecular weight excluding hydrogens is 410 g/mol. The van der Waals surface area contributed by atoms with E-state index in [9.17, 15) is 5.26 Å². The molecule has 3 rings (SSSR count). The average molecular weight is 444 g/mol. The van der Waals surface area contributed by atoms with Gasteiger partial charge in [0, 0.05) is 22.4 Å². The molecule has 0 aliphatic carbocycles. The topological polar surface area (TPSA) is 81.2 Å². The molecule has 2 N–H and O–H groups in total. The van der Waals surface area contributed by atoms with Gasteiger partial charge in [-0.1, -0.05) is 69.4 Å². The lowest BCUT2D eigenvalue weighted by Gasteiger charge is -2.18. The third-order valence-corrected chi connectivity index (χ3v) is 5.80. The first-order valence-electron chi connectivity index (χ1n) is 11.7. The minimum atomic E-state index is 0.229. The van der Waals surface area contributed by atoms with Crippen molar-refractivity contribution in [3.8, 4) is 39.8 Å². The molecule has 0 saturated carbocycles. The van der Waals surface area contributed by atoms with Crippen molar-refractivity contribution in [3.05, 3.63) is 59.8 Å². The molecule has 0 saturated heterocycles. The zero-order valence-corrected chi connectivity index (χ0v) is 19.9. The Bertz CT molecular complexity index is 1100. The van der Waals surface area contributed by atoms with Crippen molar-refractivity contribution in [1.82, 2.24) is 4.98 Å². The number of hydrogen-bond donors (Lipinski definition) is 1. The number of methoxy groups -OCH3 is 1. The Labute approximate surface area is 197 Å². The van der Waals surface area contributed by atoms with Crippen molar-refractivity contribution < 1.29 is 9.47 Å². The second-order valence-corrected chi connectivity index (χ2v) is 8.16. The first-order chi connectivity index (χ1) is 16.1. The van der Waals surface area contributed by atoms with E-state index in [0.29, 0.717) is 12.2 Å². The van der Waals surface area contributed by atoms with Crippen LogP contribution in [-0.2, 0) is 0 Å². The zero-order chi connectivity index (χ0) is 23.6. The fourth-order valence-corrected chi connectivity index (χ4v) is 4.10. The highest BCUT2D eigenvalue weighted by molar-refractivity contribution is 5.92. The minimum absolute atomic E-state index is 0.229. The van der Waals surface area contributed by atoms with Gasteiger partial charge in [0.2, 0.25) is 0 Å². The van der Waals surface area contributed by atoms with E-state index in [1.807, 2.05) is 55.5 Å². The normalized spacial score (nSPS) is 10.6. The summed E-state index contributed by atoms with van der Waals surface area (Å²) in [6, 6.07) is 17.9. The fourth-order valence-electron chi connectivity index (χ4n) is 4.10. The first kappa shape index (κ1) is 24.1. The van der Waals surface area contributed by atoms with Crippen molar-refractivity contribution in [1.29, 1.82) is 5.26 Å². The predicted octanol–water partition coefficient (Wildman–Crippen LogP) is 6.93. The number of para-hydroxylation sites is 1. The molecule has 0 aliphatic rings. The molecule has 3 aromatic rings. The average Bonchev–Trinajstić information content (AvgIpc) is 2.83. The lowest BCUT2D eigenvalue weighted by atomic mass is 9.89. The lowest BCUT2D eigenvalue weighted by Crippen LogP contribution is -2.04. The van der Waals surface area contributed by atoms with Crippen LogP contribution >= 0.6 is 0 Å². The molecule has 33 heavy (non-hydrogen) atoms. The number of aromatic nitrogens is 1. The van der Waals surface area contributed by atoms with E-state index >= 15 is 0 Å². The van der Waals surface area contributed by atoms with Crippen molar-refractivity contribution in [2.75, 3.05) is 19.5 Å². The smallest absolute Gasteiger partial charge is 0.142 e. The molecule has 0 unspecified atom stereocenters. The Kier molecular flexibility index (Phi) is 8.71. The molecule has 2 aromatic carbocycles. The SMILES string of the molecule is CCCCCCCCOc1ccc(-c2c(C#N)c(N)nc(C)c2-c2ccccc2OC)cc1. The number of unbranched alkanes of at least 4 members (excludes halogenated alkanes) is 5. The molecule has 1 heterocycles. The van der Waals surface area contributed by atoms with Crippen LogP contribution in [-0.4, -0.2) is 18.7 Å². The van der Waals surface area contributed by atoms with Gasteiger partial charge in [-0.2, -0.15) is 5.26 Å². The molecule has 0 aliphatic heterocycles. The number of ether oxygens (including phenoxy) is 2. The van der Waals surface area contributed by atoms with E-state index in [2.05, 4.69) is 18.0 Å². The second-order valence-electron chi connectivity index (χ2n) is 8.16. The van der Waals surface area contributed by atoms with E-state index in [4.69, 9.17) is 15.2 Å². The van der Waals surface area contributed by atoms with E-state index < -0.39 is 0 Å². The summed E-state index contributed by atoms with van der Waals surface area (Å²) in [5, 5.41) is 9.90. The summed E-state index contributed by atoms with van der Waals surface area (Å²) in [6.45, 7) is 4.84. The maximum atomic E-state index is 9.90. The van der Waals surface area contributed by atoms with Crippen LogP contribution in [0.15, 0.2) is 48.5 Å². The summed E-state index contributed by atoms with van der Waals surface area (Å²) >= 11 is 0. The summed E-state index contributed by atoms with van der Waals surface area (Å²) in [6.07, 6.45) is 7.39. The van der Waals surface area contributed by atoms with Crippen LogP contribution in [0.5, 0.6) is 11.5 Å². The van der Waals surface area contributed by atoms with Crippen LogP contribution in [0.1, 0.15) is 56.7 Å². The Balaban J connectivity index is 1.89. The molecule has 5 nitrogen and oxygen atoms in total. The van der Waals surface area contributed by atoms with Crippen molar-refractivity contribution in [2.45, 2.75) is 52.4 Å². The van der Waals surface area contributed by atoms with Crippen molar-refractivity contribution in [3.63, 3.8) is 0 Å². The van der Waals surface area contributed by atoms with Crippen molar-refractivity contribution >= 4 is 5.82 Å². The fraction of sp³-hybridized carbons (Fsp3) is 0.357. The molecule has 172 valence electrons. The second kappa shape index (κ2) is 11.9. The predicted molar refractivity (Wildman–Crippen MR) is 134 cm³/mol. The molecule has 1 aromatic heterocycles. The van der Waals surface area contributed by atoms with Crippen LogP contribution in [0.25, 0.3) is 22.3 Å². The minimum Gasteiger partial charge on any atom is -0.496 e. The molecule has 5 heteroatoms. The summed E-state index contributed by atoms with van der Waals surface area (Å²) in [5.41, 5.74) is 10.6. The number of rotatable bonds is 11. The summed E-state index contributed by atoms with van der Waals surface area (Å²) in [7, 11) is 1.64. The molecule has 0 atom stereocenters. The molecule has 0 bridgehead atoms. The number of benzene rings is 2. The van der Waals surface area contributed by atoms with Gasteiger partial charge < -0.3 is 15.2 Å². The van der Waals surface area contributed by atoms with Crippen LogP contribution in [0.3, 0.4) is 0 Å². The van der Waals surface area contributed by atoms with Gasteiger partial charge in [0.05, 0.1) is 13.7 Å². The highest BCUT2D eigenvalue weighted by atomic mass is 16.5. The molecule has 0 spiro atoms. The highest BCUT2D eigenvalue weighted by Crippen LogP contribution is 2.42. The van der Waals surface area contributed by atoms with Crippen LogP contribution in [0.2, 0.25) is 0 Å². The van der Waals surface area contributed by atoms with Crippen LogP contribution in [0, 0.1) is 18.3 Å². The Morgan fingerprint density at radius 2 is 1.64 bits per heavy atom. The maximum absolute atomic E-state index is 9.90. The van der Waals surface area contributed by atoms with Gasteiger partial charge in [-0.05, 0) is 37.1 Å². The number of aryl methyl sites for hydroxylation is 1. The number of nitrogen functional groups attached to an aromatic ring is 1. The summed E-state index contributed by atoms with van der Waals surface area (Å²) < 4.78 is 11.5. The zero-order valence-electron chi connectivity index (χ0n) is 19.9. The van der Waals surface area contributed by atoms with Crippen LogP contribution < -0.4 is 15.2 Å². The maximum Gasteiger partial charge on any atom is 0.142 e. The number of pyridine rings is 1. The van der Waals surface area contributed by atoms with Crippen LogP contribution in [0.4, 0.5) is 5.82 Å². The van der Waals surface area contributed by atoms with E-state index in [-0.39, 0.29) is 5.82 Å². The van der Waals surface area contributed by atoms with E-state index in [1.165, 1.54) is 32.1 Å².